The Morgan fingerprint density at radius 3 is 2.56 bits per heavy atom. The van der Waals surface area contributed by atoms with Crippen LogP contribution in [0.4, 0.5) is 4.39 Å². The van der Waals surface area contributed by atoms with Gasteiger partial charge in [-0.25, -0.2) is 12.8 Å². The number of carbonyl (C=O) groups excluding carboxylic acids is 1. The molecule has 0 aromatic heterocycles. The average Bonchev–Trinajstić information content (AvgIpc) is 2.14. The van der Waals surface area contributed by atoms with Gasteiger partial charge in [-0.05, 0) is 18.2 Å². The molecule has 0 fully saturated rings. The number of benzene rings is 1. The molecule has 0 radical (unpaired) electrons. The van der Waals surface area contributed by atoms with Crippen LogP contribution < -0.4 is 10.5 Å². The minimum atomic E-state index is -3.99. The molecule has 0 saturated heterocycles. The first-order valence-corrected chi connectivity index (χ1v) is 6.27. The topological polar surface area (TPSA) is 86.5 Å². The van der Waals surface area contributed by atoms with E-state index in [0.717, 1.165) is 12.1 Å². The van der Waals surface area contributed by atoms with Gasteiger partial charge in [0.05, 0.1) is 4.90 Å². The number of halogens is 2. The molecule has 0 aliphatic rings. The molecule has 1 amide bonds. The molecule has 5 nitrogen and oxygen atoms in total. The molecule has 0 spiro atoms. The number of hydrogen-bond donors (Lipinski definition) is 1. The first-order valence-electron chi connectivity index (χ1n) is 3.96. The summed E-state index contributed by atoms with van der Waals surface area (Å²) in [6.07, 6.45) is 0. The smallest absolute Gasteiger partial charge is 0.261 e. The predicted molar refractivity (Wildman–Crippen MR) is 54.1 cm³/mol. The maximum absolute atomic E-state index is 13.2. The van der Waals surface area contributed by atoms with Gasteiger partial charge in [0.1, 0.15) is 0 Å². The Labute approximate surface area is 95.4 Å². The van der Waals surface area contributed by atoms with Crippen LogP contribution in [0.2, 0.25) is 0 Å². The Hall–Kier alpha value is -1.34. The van der Waals surface area contributed by atoms with Crippen molar-refractivity contribution in [3.05, 3.63) is 24.0 Å². The second kappa shape index (κ2) is 4.67. The number of nitrogens with two attached hydrogens (primary N) is 1. The van der Waals surface area contributed by atoms with E-state index in [0.29, 0.717) is 6.07 Å². The van der Waals surface area contributed by atoms with E-state index >= 15 is 0 Å². The predicted octanol–water partition coefficient (Wildman–Crippen LogP) is 0.617. The lowest BCUT2D eigenvalue weighted by Crippen LogP contribution is -2.20. The summed E-state index contributed by atoms with van der Waals surface area (Å²) in [5.41, 5.74) is 4.79. The van der Waals surface area contributed by atoms with Gasteiger partial charge < -0.3 is 10.5 Å². The fraction of sp³-hybridized carbons (Fsp3) is 0.125. The fourth-order valence-electron chi connectivity index (χ4n) is 0.899. The molecule has 0 aliphatic heterocycles. The maximum atomic E-state index is 13.2. The van der Waals surface area contributed by atoms with Gasteiger partial charge in [-0.2, -0.15) is 0 Å². The molecule has 1 aromatic rings. The van der Waals surface area contributed by atoms with Crippen molar-refractivity contribution in [1.29, 1.82) is 0 Å². The van der Waals surface area contributed by atoms with Gasteiger partial charge in [0.2, 0.25) is 0 Å². The fourth-order valence-corrected chi connectivity index (χ4v) is 1.66. The third-order valence-corrected chi connectivity index (χ3v) is 2.91. The second-order valence-corrected chi connectivity index (χ2v) is 5.35. The van der Waals surface area contributed by atoms with Crippen LogP contribution in [-0.4, -0.2) is 20.9 Å². The summed E-state index contributed by atoms with van der Waals surface area (Å²) < 4.78 is 39.6. The molecule has 88 valence electrons. The normalized spacial score (nSPS) is 11.1. The maximum Gasteiger partial charge on any atom is 0.261 e. The Bertz CT molecular complexity index is 517. The molecule has 16 heavy (non-hydrogen) atoms. The van der Waals surface area contributed by atoms with Gasteiger partial charge in [-0.1, -0.05) is 0 Å². The molecule has 0 heterocycles. The monoisotopic (exact) mass is 267 g/mol. The summed E-state index contributed by atoms with van der Waals surface area (Å²) in [6, 6.07) is 2.80. The number of rotatable bonds is 4. The van der Waals surface area contributed by atoms with E-state index in [4.69, 9.17) is 16.4 Å². The van der Waals surface area contributed by atoms with Gasteiger partial charge in [-0.15, -0.1) is 0 Å². The Kier molecular flexibility index (Phi) is 3.71. The summed E-state index contributed by atoms with van der Waals surface area (Å²) in [5, 5.41) is 0. The van der Waals surface area contributed by atoms with Gasteiger partial charge in [0.25, 0.3) is 15.0 Å². The zero-order valence-corrected chi connectivity index (χ0v) is 9.39. The molecule has 0 atom stereocenters. The largest absolute Gasteiger partial charge is 0.481 e. The number of carbonyl (C=O) groups is 1. The third-order valence-electron chi connectivity index (χ3n) is 1.55. The van der Waals surface area contributed by atoms with E-state index in [1.165, 1.54) is 0 Å². The molecule has 0 saturated carbocycles. The highest BCUT2D eigenvalue weighted by Crippen LogP contribution is 2.22. The van der Waals surface area contributed by atoms with E-state index in [2.05, 4.69) is 4.74 Å². The van der Waals surface area contributed by atoms with Gasteiger partial charge in [0, 0.05) is 10.7 Å². The van der Waals surface area contributed by atoms with Gasteiger partial charge >= 0.3 is 0 Å². The zero-order valence-electron chi connectivity index (χ0n) is 7.81. The molecule has 1 aromatic carbocycles. The second-order valence-electron chi connectivity index (χ2n) is 2.79. The van der Waals surface area contributed by atoms with Crippen LogP contribution in [0.1, 0.15) is 0 Å². The number of hydrogen-bond acceptors (Lipinski definition) is 4. The van der Waals surface area contributed by atoms with Crippen molar-refractivity contribution in [1.82, 2.24) is 0 Å². The quantitative estimate of drug-likeness (QED) is 0.810. The molecule has 0 unspecified atom stereocenters. The summed E-state index contributed by atoms with van der Waals surface area (Å²) in [7, 11) is 1.01. The molecule has 0 bridgehead atoms. The van der Waals surface area contributed by atoms with E-state index in [9.17, 15) is 17.6 Å². The zero-order chi connectivity index (χ0) is 12.3. The molecular weight excluding hydrogens is 261 g/mol. The highest BCUT2D eigenvalue weighted by atomic mass is 35.7. The first kappa shape index (κ1) is 12.7. The lowest BCUT2D eigenvalue weighted by Gasteiger charge is -2.05. The van der Waals surface area contributed by atoms with Crippen molar-refractivity contribution in [3.63, 3.8) is 0 Å². The van der Waals surface area contributed by atoms with E-state index in [-0.39, 0.29) is 5.75 Å². The SMILES string of the molecule is NC(=O)COc1ccc(S(=O)(=O)Cl)cc1F. The Balaban J connectivity index is 2.96. The lowest BCUT2D eigenvalue weighted by atomic mass is 10.3. The number of ether oxygens (including phenoxy) is 1. The van der Waals surface area contributed by atoms with E-state index in [1.54, 1.807) is 0 Å². The summed E-state index contributed by atoms with van der Waals surface area (Å²) in [6.45, 7) is -0.496. The molecule has 8 heteroatoms. The van der Waals surface area contributed by atoms with Crippen LogP contribution in [0.3, 0.4) is 0 Å². The minimum Gasteiger partial charge on any atom is -0.481 e. The average molecular weight is 268 g/mol. The first-order chi connectivity index (χ1) is 7.30. The van der Waals surface area contributed by atoms with Gasteiger partial charge in [0.15, 0.2) is 18.2 Å². The van der Waals surface area contributed by atoms with Crippen LogP contribution in [0.5, 0.6) is 5.75 Å². The van der Waals surface area contributed by atoms with Crippen LogP contribution in [0.25, 0.3) is 0 Å². The molecular formula is C8H7ClFNO4S. The minimum absolute atomic E-state index is 0.275. The summed E-state index contributed by atoms with van der Waals surface area (Å²) in [5.74, 6) is -1.99. The van der Waals surface area contributed by atoms with Crippen LogP contribution in [-0.2, 0) is 13.8 Å². The highest BCUT2D eigenvalue weighted by molar-refractivity contribution is 8.13. The highest BCUT2D eigenvalue weighted by Gasteiger charge is 2.14. The molecule has 2 N–H and O–H groups in total. The standard InChI is InChI=1S/C8H7ClFNO4S/c9-16(13,14)5-1-2-7(6(10)3-5)15-4-8(11)12/h1-3H,4H2,(H2,11,12). The van der Waals surface area contributed by atoms with Crippen molar-refractivity contribution in [3.8, 4) is 5.75 Å². The summed E-state index contributed by atoms with van der Waals surface area (Å²) in [4.78, 5) is 9.98. The van der Waals surface area contributed by atoms with Crippen LogP contribution >= 0.6 is 10.7 Å². The van der Waals surface area contributed by atoms with Gasteiger partial charge in [-0.3, -0.25) is 4.79 Å². The molecule has 0 aliphatic carbocycles. The third kappa shape index (κ3) is 3.35. The van der Waals surface area contributed by atoms with E-state index < -0.39 is 32.3 Å². The number of primary amides is 1. The van der Waals surface area contributed by atoms with Crippen molar-refractivity contribution in [2.45, 2.75) is 4.90 Å². The van der Waals surface area contributed by atoms with E-state index in [1.807, 2.05) is 0 Å². The molecule has 1 rings (SSSR count). The lowest BCUT2D eigenvalue weighted by molar-refractivity contribution is -0.120. The van der Waals surface area contributed by atoms with Crippen molar-refractivity contribution >= 4 is 25.6 Å². The summed E-state index contributed by atoms with van der Waals surface area (Å²) >= 11 is 0. The Morgan fingerprint density at radius 1 is 1.50 bits per heavy atom. The number of amides is 1. The van der Waals surface area contributed by atoms with Crippen molar-refractivity contribution in [2.24, 2.45) is 5.73 Å². The Morgan fingerprint density at radius 2 is 2.12 bits per heavy atom. The van der Waals surface area contributed by atoms with Crippen molar-refractivity contribution in [2.75, 3.05) is 6.61 Å². The van der Waals surface area contributed by atoms with Crippen LogP contribution in [0, 0.1) is 5.82 Å². The van der Waals surface area contributed by atoms with Crippen LogP contribution in [0.15, 0.2) is 23.1 Å². The van der Waals surface area contributed by atoms with Crippen molar-refractivity contribution < 1.29 is 22.3 Å².